The monoisotopic (exact) mass is 291 g/mol. The molecule has 1 aliphatic carbocycles. The molecule has 2 N–H and O–H groups in total. The summed E-state index contributed by atoms with van der Waals surface area (Å²) in [6, 6.07) is 15.5. The number of benzene rings is 2. The second-order valence-electron chi connectivity index (χ2n) is 5.80. The van der Waals surface area contributed by atoms with Crippen LogP contribution < -0.4 is 10.9 Å². The van der Waals surface area contributed by atoms with Crippen LogP contribution in [0.2, 0.25) is 0 Å². The molecule has 4 heteroatoms. The van der Waals surface area contributed by atoms with E-state index in [0.29, 0.717) is 5.69 Å². The van der Waals surface area contributed by atoms with Crippen molar-refractivity contribution in [3.05, 3.63) is 58.9 Å². The van der Waals surface area contributed by atoms with E-state index in [1.54, 1.807) is 0 Å². The lowest BCUT2D eigenvalue weighted by molar-refractivity contribution is 0.889. The maximum absolute atomic E-state index is 12.4. The number of aromatic amines is 1. The van der Waals surface area contributed by atoms with Gasteiger partial charge >= 0.3 is 0 Å². The minimum Gasteiger partial charge on any atom is -0.384 e. The Balaban J connectivity index is 1.80. The molecule has 4 nitrogen and oxygen atoms in total. The van der Waals surface area contributed by atoms with E-state index in [4.69, 9.17) is 0 Å². The fourth-order valence-corrected chi connectivity index (χ4v) is 2.63. The summed E-state index contributed by atoms with van der Waals surface area (Å²) in [6.07, 6.45) is 2.59. The Kier molecular flexibility index (Phi) is 3.15. The Morgan fingerprint density at radius 1 is 1.09 bits per heavy atom. The summed E-state index contributed by atoms with van der Waals surface area (Å²) in [6.45, 7) is 0.961. The van der Waals surface area contributed by atoms with Crippen LogP contribution >= 0.6 is 0 Å². The fourth-order valence-electron chi connectivity index (χ4n) is 2.63. The van der Waals surface area contributed by atoms with Crippen molar-refractivity contribution in [2.75, 3.05) is 11.9 Å². The van der Waals surface area contributed by atoms with Gasteiger partial charge in [-0.25, -0.2) is 4.98 Å². The van der Waals surface area contributed by atoms with Gasteiger partial charge in [-0.1, -0.05) is 30.3 Å². The predicted octanol–water partition coefficient (Wildman–Crippen LogP) is 3.41. The quantitative estimate of drug-likeness (QED) is 0.774. The SMILES string of the molecule is O=c1[nH]c2ccccc2nc1-c1ccccc1NCC1CC1. The van der Waals surface area contributed by atoms with E-state index in [9.17, 15) is 4.79 Å². The number of H-pyrrole nitrogens is 1. The number of para-hydroxylation sites is 3. The molecule has 110 valence electrons. The highest BCUT2D eigenvalue weighted by Gasteiger charge is 2.21. The zero-order valence-electron chi connectivity index (χ0n) is 12.2. The van der Waals surface area contributed by atoms with Crippen LogP contribution in [0.1, 0.15) is 12.8 Å². The van der Waals surface area contributed by atoms with Crippen LogP contribution in [0.3, 0.4) is 0 Å². The van der Waals surface area contributed by atoms with Crippen molar-refractivity contribution in [2.24, 2.45) is 5.92 Å². The van der Waals surface area contributed by atoms with Crippen LogP contribution in [0.4, 0.5) is 5.69 Å². The number of nitrogens with zero attached hydrogens (tertiary/aromatic N) is 1. The van der Waals surface area contributed by atoms with Crippen molar-refractivity contribution >= 4 is 16.7 Å². The summed E-state index contributed by atoms with van der Waals surface area (Å²) in [4.78, 5) is 19.9. The van der Waals surface area contributed by atoms with Crippen LogP contribution in [-0.2, 0) is 0 Å². The van der Waals surface area contributed by atoms with Gasteiger partial charge in [0.1, 0.15) is 5.69 Å². The Morgan fingerprint density at radius 2 is 1.86 bits per heavy atom. The van der Waals surface area contributed by atoms with Gasteiger partial charge < -0.3 is 10.3 Å². The second kappa shape index (κ2) is 5.30. The number of aromatic nitrogens is 2. The third kappa shape index (κ3) is 2.48. The molecule has 1 saturated carbocycles. The van der Waals surface area contributed by atoms with Crippen molar-refractivity contribution < 1.29 is 0 Å². The van der Waals surface area contributed by atoms with Crippen LogP contribution in [0, 0.1) is 5.92 Å². The van der Waals surface area contributed by atoms with E-state index in [0.717, 1.165) is 34.7 Å². The molecule has 0 aliphatic heterocycles. The third-order valence-electron chi connectivity index (χ3n) is 4.06. The molecule has 1 aliphatic rings. The topological polar surface area (TPSA) is 57.8 Å². The Bertz CT molecular complexity index is 881. The highest BCUT2D eigenvalue weighted by molar-refractivity contribution is 5.81. The first-order valence-corrected chi connectivity index (χ1v) is 7.63. The molecule has 2 aromatic carbocycles. The maximum atomic E-state index is 12.4. The molecular formula is C18H17N3O. The smallest absolute Gasteiger partial charge is 0.275 e. The van der Waals surface area contributed by atoms with Gasteiger partial charge in [0.05, 0.1) is 11.0 Å². The standard InChI is InChI=1S/C18H17N3O/c22-18-17(20-15-7-3-4-8-16(15)21-18)13-5-1-2-6-14(13)19-11-12-9-10-12/h1-8,12,19H,9-11H2,(H,21,22). The van der Waals surface area contributed by atoms with E-state index >= 15 is 0 Å². The number of nitrogens with one attached hydrogen (secondary N) is 2. The van der Waals surface area contributed by atoms with Gasteiger partial charge in [-0.3, -0.25) is 4.79 Å². The van der Waals surface area contributed by atoms with E-state index < -0.39 is 0 Å². The lowest BCUT2D eigenvalue weighted by Crippen LogP contribution is -2.13. The van der Waals surface area contributed by atoms with Crippen LogP contribution in [0.25, 0.3) is 22.3 Å². The zero-order chi connectivity index (χ0) is 14.9. The summed E-state index contributed by atoms with van der Waals surface area (Å²) in [7, 11) is 0. The van der Waals surface area contributed by atoms with E-state index in [1.807, 2.05) is 48.5 Å². The Hall–Kier alpha value is -2.62. The van der Waals surface area contributed by atoms with Crippen molar-refractivity contribution in [2.45, 2.75) is 12.8 Å². The summed E-state index contributed by atoms with van der Waals surface area (Å²) >= 11 is 0. The molecule has 1 aromatic heterocycles. The van der Waals surface area contributed by atoms with Gasteiger partial charge in [-0.2, -0.15) is 0 Å². The van der Waals surface area contributed by atoms with Crippen molar-refractivity contribution in [3.63, 3.8) is 0 Å². The number of hydrogen-bond acceptors (Lipinski definition) is 3. The predicted molar refractivity (Wildman–Crippen MR) is 89.0 cm³/mol. The maximum Gasteiger partial charge on any atom is 0.275 e. The molecule has 0 unspecified atom stereocenters. The number of fused-ring (bicyclic) bond motifs is 1. The molecule has 0 radical (unpaired) electrons. The lowest BCUT2D eigenvalue weighted by atomic mass is 10.1. The number of anilines is 1. The normalized spacial score (nSPS) is 14.2. The van der Waals surface area contributed by atoms with E-state index in [2.05, 4.69) is 15.3 Å². The molecule has 0 saturated heterocycles. The molecule has 22 heavy (non-hydrogen) atoms. The number of hydrogen-bond donors (Lipinski definition) is 2. The first-order chi connectivity index (χ1) is 10.8. The molecule has 0 bridgehead atoms. The van der Waals surface area contributed by atoms with E-state index in [-0.39, 0.29) is 5.56 Å². The number of rotatable bonds is 4. The fraction of sp³-hybridized carbons (Fsp3) is 0.222. The van der Waals surface area contributed by atoms with Crippen molar-refractivity contribution in [1.82, 2.24) is 9.97 Å². The minimum absolute atomic E-state index is 0.153. The van der Waals surface area contributed by atoms with Crippen molar-refractivity contribution in [1.29, 1.82) is 0 Å². The zero-order valence-corrected chi connectivity index (χ0v) is 12.2. The Labute approximate surface area is 128 Å². The average molecular weight is 291 g/mol. The molecule has 0 spiro atoms. The lowest BCUT2D eigenvalue weighted by Gasteiger charge is -2.11. The molecule has 4 rings (SSSR count). The first-order valence-electron chi connectivity index (χ1n) is 7.63. The average Bonchev–Trinajstić information content (AvgIpc) is 3.37. The molecular weight excluding hydrogens is 274 g/mol. The van der Waals surface area contributed by atoms with Crippen LogP contribution in [0.15, 0.2) is 53.3 Å². The summed E-state index contributed by atoms with van der Waals surface area (Å²) in [5, 5.41) is 3.46. The van der Waals surface area contributed by atoms with Crippen molar-refractivity contribution in [3.8, 4) is 11.3 Å². The summed E-state index contributed by atoms with van der Waals surface area (Å²) in [5.74, 6) is 0.774. The summed E-state index contributed by atoms with van der Waals surface area (Å²) in [5.41, 5.74) is 3.71. The summed E-state index contributed by atoms with van der Waals surface area (Å²) < 4.78 is 0. The highest BCUT2D eigenvalue weighted by atomic mass is 16.1. The third-order valence-corrected chi connectivity index (χ3v) is 4.06. The van der Waals surface area contributed by atoms with Crippen LogP contribution in [-0.4, -0.2) is 16.5 Å². The van der Waals surface area contributed by atoms with Gasteiger partial charge in [-0.15, -0.1) is 0 Å². The van der Waals surface area contributed by atoms with E-state index in [1.165, 1.54) is 12.8 Å². The van der Waals surface area contributed by atoms with Gasteiger partial charge in [0.2, 0.25) is 0 Å². The second-order valence-corrected chi connectivity index (χ2v) is 5.80. The van der Waals surface area contributed by atoms with Gasteiger partial charge in [0.15, 0.2) is 0 Å². The van der Waals surface area contributed by atoms with Crippen LogP contribution in [0.5, 0.6) is 0 Å². The van der Waals surface area contributed by atoms with Gasteiger partial charge in [-0.05, 0) is 37.0 Å². The molecule has 1 heterocycles. The minimum atomic E-state index is -0.153. The molecule has 1 fully saturated rings. The largest absolute Gasteiger partial charge is 0.384 e. The highest BCUT2D eigenvalue weighted by Crippen LogP contribution is 2.31. The molecule has 3 aromatic rings. The molecule has 0 atom stereocenters. The first kappa shape index (κ1) is 13.1. The molecule has 0 amide bonds. The Morgan fingerprint density at radius 3 is 2.73 bits per heavy atom. The van der Waals surface area contributed by atoms with Gasteiger partial charge in [0.25, 0.3) is 5.56 Å². The van der Waals surface area contributed by atoms with Gasteiger partial charge in [0, 0.05) is 17.8 Å².